The minimum absolute atomic E-state index is 0.847. The predicted molar refractivity (Wildman–Crippen MR) is 112 cm³/mol. The normalized spacial score (nSPS) is 11.0. The van der Waals surface area contributed by atoms with E-state index in [4.69, 9.17) is 4.74 Å². The van der Waals surface area contributed by atoms with Crippen molar-refractivity contribution in [1.82, 2.24) is 9.55 Å². The van der Waals surface area contributed by atoms with Crippen LogP contribution in [0.15, 0.2) is 73.4 Å². The molecule has 0 saturated heterocycles. The molecule has 0 spiro atoms. The van der Waals surface area contributed by atoms with Crippen molar-refractivity contribution in [2.45, 2.75) is 13.8 Å². The van der Waals surface area contributed by atoms with Gasteiger partial charge in [0.05, 0.1) is 7.11 Å². The molecule has 0 unspecified atom stereocenters. The molecular formula is C23H25N4O+. The first-order valence-electron chi connectivity index (χ1n) is 9.61. The van der Waals surface area contributed by atoms with Crippen molar-refractivity contribution in [3.63, 3.8) is 0 Å². The Hall–Kier alpha value is -3.34. The van der Waals surface area contributed by atoms with Crippen molar-refractivity contribution in [2.75, 3.05) is 25.1 Å². The predicted octanol–water partition coefficient (Wildman–Crippen LogP) is 4.13. The molecule has 5 heteroatoms. The Bertz CT molecular complexity index is 1060. The van der Waals surface area contributed by atoms with E-state index in [1.165, 1.54) is 11.3 Å². The standard InChI is InChI=1S/C23H25N4O/c1-4-25(5-2)19-8-6-18(7-9-19)23-22-14-15-24-16-26(22)17-27(23)20-10-12-21(28-3)13-11-20/h6-17H,4-5H2,1-3H3/q+1. The van der Waals surface area contributed by atoms with Gasteiger partial charge in [0, 0.05) is 30.4 Å². The summed E-state index contributed by atoms with van der Waals surface area (Å²) in [7, 11) is 1.68. The fourth-order valence-electron chi connectivity index (χ4n) is 3.62. The lowest BCUT2D eigenvalue weighted by Crippen LogP contribution is -2.21. The fourth-order valence-corrected chi connectivity index (χ4v) is 3.62. The Balaban J connectivity index is 1.85. The van der Waals surface area contributed by atoms with Crippen LogP contribution in [0, 0.1) is 0 Å². The summed E-state index contributed by atoms with van der Waals surface area (Å²) in [6, 6.07) is 18.9. The van der Waals surface area contributed by atoms with Crippen molar-refractivity contribution in [3.8, 4) is 22.7 Å². The number of anilines is 1. The van der Waals surface area contributed by atoms with Crippen LogP contribution in [-0.2, 0) is 0 Å². The molecule has 2 aromatic carbocycles. The second-order valence-electron chi connectivity index (χ2n) is 6.62. The van der Waals surface area contributed by atoms with Gasteiger partial charge < -0.3 is 9.64 Å². The molecule has 0 fully saturated rings. The third kappa shape index (κ3) is 3.20. The first kappa shape index (κ1) is 18.0. The van der Waals surface area contributed by atoms with Crippen LogP contribution in [0.1, 0.15) is 13.8 Å². The van der Waals surface area contributed by atoms with E-state index < -0.39 is 0 Å². The van der Waals surface area contributed by atoms with Crippen molar-refractivity contribution in [2.24, 2.45) is 0 Å². The van der Waals surface area contributed by atoms with E-state index in [1.54, 1.807) is 7.11 Å². The molecular weight excluding hydrogens is 348 g/mol. The van der Waals surface area contributed by atoms with Crippen molar-refractivity contribution in [3.05, 3.63) is 73.4 Å². The highest BCUT2D eigenvalue weighted by Gasteiger charge is 2.19. The molecule has 0 aliphatic rings. The van der Waals surface area contributed by atoms with Crippen LogP contribution in [-0.4, -0.2) is 29.8 Å². The summed E-state index contributed by atoms with van der Waals surface area (Å²) < 4.78 is 9.56. The maximum Gasteiger partial charge on any atom is 0.230 e. The number of hydrogen-bond donors (Lipinski definition) is 0. The third-order valence-electron chi connectivity index (χ3n) is 5.13. The number of fused-ring (bicyclic) bond motifs is 1. The number of rotatable bonds is 6. The van der Waals surface area contributed by atoms with Crippen LogP contribution in [0.4, 0.5) is 5.69 Å². The van der Waals surface area contributed by atoms with Gasteiger partial charge in [0.2, 0.25) is 12.7 Å². The Morgan fingerprint density at radius 2 is 1.68 bits per heavy atom. The second-order valence-corrected chi connectivity index (χ2v) is 6.62. The molecule has 0 amide bonds. The van der Waals surface area contributed by atoms with Gasteiger partial charge in [-0.2, -0.15) is 0 Å². The molecule has 0 aliphatic heterocycles. The van der Waals surface area contributed by atoms with Gasteiger partial charge in [-0.05, 0) is 62.4 Å². The molecule has 28 heavy (non-hydrogen) atoms. The first-order valence-corrected chi connectivity index (χ1v) is 9.61. The Morgan fingerprint density at radius 1 is 0.964 bits per heavy atom. The number of ether oxygens (including phenoxy) is 1. The molecule has 0 aliphatic carbocycles. The number of nitrogens with zero attached hydrogens (tertiary/aromatic N) is 4. The molecule has 0 radical (unpaired) electrons. The number of imidazole rings is 1. The summed E-state index contributed by atoms with van der Waals surface area (Å²) in [4.78, 5) is 6.61. The van der Waals surface area contributed by atoms with Gasteiger partial charge >= 0.3 is 0 Å². The van der Waals surface area contributed by atoms with E-state index in [1.807, 2.05) is 30.7 Å². The quantitative estimate of drug-likeness (QED) is 0.477. The van der Waals surface area contributed by atoms with Gasteiger partial charge in [0.1, 0.15) is 23.2 Å². The minimum atomic E-state index is 0.847. The van der Waals surface area contributed by atoms with Crippen LogP contribution >= 0.6 is 0 Å². The van der Waals surface area contributed by atoms with E-state index >= 15 is 0 Å². The zero-order chi connectivity index (χ0) is 19.5. The molecule has 4 rings (SSSR count). The SMILES string of the molecule is CCN(CC)c1ccc(-c2c3ccnc[n+]3cn2-c2ccc(OC)cc2)cc1. The van der Waals surface area contributed by atoms with Crippen LogP contribution < -0.4 is 14.0 Å². The average molecular weight is 373 g/mol. The summed E-state index contributed by atoms with van der Waals surface area (Å²) in [6.07, 6.45) is 5.74. The Kier molecular flexibility index (Phi) is 4.98. The average Bonchev–Trinajstić information content (AvgIpc) is 3.15. The van der Waals surface area contributed by atoms with Crippen molar-refractivity contribution in [1.29, 1.82) is 0 Å². The molecule has 2 heterocycles. The highest BCUT2D eigenvalue weighted by atomic mass is 16.5. The van der Waals surface area contributed by atoms with E-state index in [0.717, 1.165) is 35.7 Å². The minimum Gasteiger partial charge on any atom is -0.497 e. The van der Waals surface area contributed by atoms with Gasteiger partial charge in [0.15, 0.2) is 5.69 Å². The first-order chi connectivity index (χ1) is 13.7. The Morgan fingerprint density at radius 3 is 2.32 bits per heavy atom. The van der Waals surface area contributed by atoms with Crippen molar-refractivity contribution >= 4 is 11.2 Å². The summed E-state index contributed by atoms with van der Waals surface area (Å²) in [5.41, 5.74) is 5.74. The van der Waals surface area contributed by atoms with Gasteiger partial charge in [-0.15, -0.1) is 4.98 Å². The maximum absolute atomic E-state index is 5.31. The van der Waals surface area contributed by atoms with Crippen LogP contribution in [0.3, 0.4) is 0 Å². The second kappa shape index (κ2) is 7.72. The lowest BCUT2D eigenvalue weighted by Gasteiger charge is -2.21. The lowest BCUT2D eigenvalue weighted by atomic mass is 10.1. The fraction of sp³-hybridized carbons (Fsp3) is 0.217. The van der Waals surface area contributed by atoms with Crippen molar-refractivity contribution < 1.29 is 9.14 Å². The van der Waals surface area contributed by atoms with Crippen LogP contribution in [0.25, 0.3) is 22.5 Å². The molecule has 0 N–H and O–H groups in total. The summed E-state index contributed by atoms with van der Waals surface area (Å²) in [6.45, 7) is 6.37. The zero-order valence-electron chi connectivity index (χ0n) is 16.5. The molecule has 0 atom stereocenters. The zero-order valence-corrected chi connectivity index (χ0v) is 16.5. The molecule has 5 nitrogen and oxygen atoms in total. The monoisotopic (exact) mass is 373 g/mol. The molecule has 0 bridgehead atoms. The van der Waals surface area contributed by atoms with Crippen LogP contribution in [0.2, 0.25) is 0 Å². The maximum atomic E-state index is 5.31. The number of hydrogen-bond acceptors (Lipinski definition) is 3. The topological polar surface area (TPSA) is 34.4 Å². The van der Waals surface area contributed by atoms with E-state index in [-0.39, 0.29) is 0 Å². The van der Waals surface area contributed by atoms with E-state index in [9.17, 15) is 0 Å². The van der Waals surface area contributed by atoms with Gasteiger partial charge in [-0.3, -0.25) is 0 Å². The number of benzene rings is 2. The lowest BCUT2D eigenvalue weighted by molar-refractivity contribution is -0.515. The Labute approximate surface area is 165 Å². The molecule has 2 aromatic heterocycles. The summed E-state index contributed by atoms with van der Waals surface area (Å²) in [5, 5.41) is 0. The number of methoxy groups -OCH3 is 1. The summed E-state index contributed by atoms with van der Waals surface area (Å²) in [5.74, 6) is 0.847. The highest BCUT2D eigenvalue weighted by Crippen LogP contribution is 2.29. The molecule has 0 saturated carbocycles. The van der Waals surface area contributed by atoms with Crippen LogP contribution in [0.5, 0.6) is 5.75 Å². The molecule has 4 aromatic rings. The van der Waals surface area contributed by atoms with Gasteiger partial charge in [0.25, 0.3) is 0 Å². The molecule has 142 valence electrons. The number of aromatic nitrogens is 3. The third-order valence-corrected chi connectivity index (χ3v) is 5.13. The largest absolute Gasteiger partial charge is 0.497 e. The van der Waals surface area contributed by atoms with E-state index in [0.29, 0.717) is 0 Å². The summed E-state index contributed by atoms with van der Waals surface area (Å²) >= 11 is 0. The smallest absolute Gasteiger partial charge is 0.230 e. The highest BCUT2D eigenvalue weighted by molar-refractivity contribution is 5.77. The van der Waals surface area contributed by atoms with Gasteiger partial charge in [-0.25, -0.2) is 8.97 Å². The van der Waals surface area contributed by atoms with E-state index in [2.05, 4.69) is 75.4 Å². The van der Waals surface area contributed by atoms with Gasteiger partial charge in [-0.1, -0.05) is 0 Å².